The van der Waals surface area contributed by atoms with Crippen LogP contribution in [0.2, 0.25) is 0 Å². The first-order chi connectivity index (χ1) is 8.06. The molecule has 3 fully saturated rings. The molecular formula is C13H20N2O2. The summed E-state index contributed by atoms with van der Waals surface area (Å²) < 4.78 is 0. The Balaban J connectivity index is 1.80. The van der Waals surface area contributed by atoms with Crippen molar-refractivity contribution in [3.8, 4) is 0 Å². The Hall–Kier alpha value is -1.06. The van der Waals surface area contributed by atoms with Crippen molar-refractivity contribution in [2.24, 2.45) is 11.8 Å². The highest BCUT2D eigenvalue weighted by Gasteiger charge is 2.56. The van der Waals surface area contributed by atoms with E-state index in [4.69, 9.17) is 0 Å². The fourth-order valence-electron chi connectivity index (χ4n) is 3.16. The maximum Gasteiger partial charge on any atom is 0.249 e. The molecule has 17 heavy (non-hydrogen) atoms. The second-order valence-electron chi connectivity index (χ2n) is 5.93. The first-order valence-electron chi connectivity index (χ1n) is 6.68. The Morgan fingerprint density at radius 3 is 2.65 bits per heavy atom. The largest absolute Gasteiger partial charge is 0.340 e. The highest BCUT2D eigenvalue weighted by Crippen LogP contribution is 2.45. The lowest BCUT2D eigenvalue weighted by atomic mass is 9.91. The molecular weight excluding hydrogens is 216 g/mol. The fourth-order valence-corrected chi connectivity index (χ4v) is 3.16. The van der Waals surface area contributed by atoms with Crippen LogP contribution in [-0.4, -0.2) is 34.8 Å². The maximum absolute atomic E-state index is 12.5. The van der Waals surface area contributed by atoms with E-state index in [2.05, 4.69) is 12.2 Å². The zero-order valence-corrected chi connectivity index (χ0v) is 10.5. The highest BCUT2D eigenvalue weighted by molar-refractivity contribution is 5.98. The molecule has 0 aromatic heterocycles. The zero-order chi connectivity index (χ0) is 12.2. The van der Waals surface area contributed by atoms with E-state index >= 15 is 0 Å². The van der Waals surface area contributed by atoms with Gasteiger partial charge in [0, 0.05) is 6.04 Å². The number of carbonyl (C=O) groups excluding carboxylic acids is 2. The molecule has 3 unspecified atom stereocenters. The van der Waals surface area contributed by atoms with Crippen LogP contribution in [0.25, 0.3) is 0 Å². The van der Waals surface area contributed by atoms with E-state index in [0.717, 1.165) is 25.7 Å². The predicted molar refractivity (Wildman–Crippen MR) is 63.2 cm³/mol. The van der Waals surface area contributed by atoms with Crippen LogP contribution >= 0.6 is 0 Å². The third-order valence-electron chi connectivity index (χ3n) is 4.62. The molecule has 3 aliphatic rings. The van der Waals surface area contributed by atoms with Gasteiger partial charge in [-0.3, -0.25) is 9.59 Å². The van der Waals surface area contributed by atoms with Gasteiger partial charge in [-0.15, -0.1) is 0 Å². The molecule has 2 amide bonds. The maximum atomic E-state index is 12.5. The van der Waals surface area contributed by atoms with Crippen LogP contribution in [0.1, 0.15) is 39.5 Å². The van der Waals surface area contributed by atoms with Gasteiger partial charge in [0.15, 0.2) is 0 Å². The smallest absolute Gasteiger partial charge is 0.249 e. The minimum atomic E-state index is -0.615. The van der Waals surface area contributed by atoms with Gasteiger partial charge >= 0.3 is 0 Å². The van der Waals surface area contributed by atoms with Crippen LogP contribution in [0.3, 0.4) is 0 Å². The summed E-state index contributed by atoms with van der Waals surface area (Å²) in [5.74, 6) is 1.15. The summed E-state index contributed by atoms with van der Waals surface area (Å²) in [5.41, 5.74) is -0.615. The van der Waals surface area contributed by atoms with Crippen molar-refractivity contribution >= 4 is 11.8 Å². The number of piperazine rings is 1. The van der Waals surface area contributed by atoms with Gasteiger partial charge in [0.25, 0.3) is 0 Å². The number of amides is 2. The van der Waals surface area contributed by atoms with E-state index < -0.39 is 5.54 Å². The summed E-state index contributed by atoms with van der Waals surface area (Å²) in [7, 11) is 0. The van der Waals surface area contributed by atoms with Crippen molar-refractivity contribution in [2.45, 2.75) is 51.1 Å². The molecule has 3 atom stereocenters. The third kappa shape index (κ3) is 1.65. The number of nitrogens with zero attached hydrogens (tertiary/aromatic N) is 1. The van der Waals surface area contributed by atoms with Crippen LogP contribution in [-0.2, 0) is 9.59 Å². The highest BCUT2D eigenvalue weighted by atomic mass is 16.2. The summed E-state index contributed by atoms with van der Waals surface area (Å²) in [5, 5.41) is 2.92. The van der Waals surface area contributed by atoms with Crippen molar-refractivity contribution in [3.63, 3.8) is 0 Å². The first-order valence-corrected chi connectivity index (χ1v) is 6.68. The SMILES string of the molecule is CCC1CC1N1CC(=O)NC(C)(C2CC2)C1=O. The van der Waals surface area contributed by atoms with Gasteiger partial charge < -0.3 is 10.2 Å². The van der Waals surface area contributed by atoms with Gasteiger partial charge in [-0.2, -0.15) is 0 Å². The number of rotatable bonds is 3. The standard InChI is InChI=1S/C13H20N2O2/c1-3-8-6-10(8)15-7-11(16)14-13(2,12(15)17)9-4-5-9/h8-10H,3-7H2,1-2H3,(H,14,16). The molecule has 0 spiro atoms. The minimum absolute atomic E-state index is 0.0146. The number of carbonyl (C=O) groups is 2. The van der Waals surface area contributed by atoms with Crippen molar-refractivity contribution < 1.29 is 9.59 Å². The van der Waals surface area contributed by atoms with Gasteiger partial charge in [0.2, 0.25) is 11.8 Å². The Morgan fingerprint density at radius 1 is 1.41 bits per heavy atom. The summed E-state index contributed by atoms with van der Waals surface area (Å²) in [6.07, 6.45) is 4.32. The van der Waals surface area contributed by atoms with E-state index in [9.17, 15) is 9.59 Å². The van der Waals surface area contributed by atoms with Gasteiger partial charge in [-0.25, -0.2) is 0 Å². The van der Waals surface area contributed by atoms with Crippen molar-refractivity contribution in [1.29, 1.82) is 0 Å². The zero-order valence-electron chi connectivity index (χ0n) is 10.5. The van der Waals surface area contributed by atoms with E-state index in [1.165, 1.54) is 0 Å². The molecule has 1 aliphatic heterocycles. The average molecular weight is 236 g/mol. The summed E-state index contributed by atoms with van der Waals surface area (Å²) in [6.45, 7) is 4.32. The van der Waals surface area contributed by atoms with E-state index in [1.54, 1.807) is 0 Å². The first kappa shape index (κ1) is 11.1. The molecule has 1 saturated heterocycles. The van der Waals surface area contributed by atoms with Gasteiger partial charge in [0.1, 0.15) is 5.54 Å². The summed E-state index contributed by atoms with van der Waals surface area (Å²) in [4.78, 5) is 26.2. The van der Waals surface area contributed by atoms with E-state index in [0.29, 0.717) is 17.9 Å². The second-order valence-corrected chi connectivity index (χ2v) is 5.93. The van der Waals surface area contributed by atoms with E-state index in [1.807, 2.05) is 11.8 Å². The lowest BCUT2D eigenvalue weighted by Gasteiger charge is -2.40. The van der Waals surface area contributed by atoms with Gasteiger partial charge in [-0.1, -0.05) is 13.3 Å². The lowest BCUT2D eigenvalue weighted by molar-refractivity contribution is -0.151. The van der Waals surface area contributed by atoms with Crippen LogP contribution in [0.15, 0.2) is 0 Å². The van der Waals surface area contributed by atoms with E-state index in [-0.39, 0.29) is 18.4 Å². The Bertz CT molecular complexity index is 378. The van der Waals surface area contributed by atoms with Crippen LogP contribution in [0.4, 0.5) is 0 Å². The topological polar surface area (TPSA) is 49.4 Å². The molecule has 1 N–H and O–H groups in total. The normalized spacial score (nSPS) is 41.4. The molecule has 0 bridgehead atoms. The molecule has 0 aromatic rings. The van der Waals surface area contributed by atoms with Crippen molar-refractivity contribution in [1.82, 2.24) is 10.2 Å². The molecule has 3 rings (SSSR count). The molecule has 4 heteroatoms. The molecule has 2 saturated carbocycles. The molecule has 0 radical (unpaired) electrons. The van der Waals surface area contributed by atoms with Gasteiger partial charge in [0.05, 0.1) is 6.54 Å². The van der Waals surface area contributed by atoms with Crippen LogP contribution < -0.4 is 5.32 Å². The monoisotopic (exact) mass is 236 g/mol. The van der Waals surface area contributed by atoms with Gasteiger partial charge in [-0.05, 0) is 38.0 Å². The summed E-state index contributed by atoms with van der Waals surface area (Å²) >= 11 is 0. The quantitative estimate of drug-likeness (QED) is 0.792. The Labute approximate surface area is 102 Å². The minimum Gasteiger partial charge on any atom is -0.340 e. The molecule has 1 heterocycles. The molecule has 2 aliphatic carbocycles. The molecule has 0 aromatic carbocycles. The summed E-state index contributed by atoms with van der Waals surface area (Å²) in [6, 6.07) is 0.330. The lowest BCUT2D eigenvalue weighted by Crippen LogP contribution is -2.66. The third-order valence-corrected chi connectivity index (χ3v) is 4.62. The number of hydrogen-bond donors (Lipinski definition) is 1. The predicted octanol–water partition coefficient (Wildman–Crippen LogP) is 0.912. The van der Waals surface area contributed by atoms with Crippen LogP contribution in [0.5, 0.6) is 0 Å². The second kappa shape index (κ2) is 3.47. The number of hydrogen-bond acceptors (Lipinski definition) is 2. The molecule has 94 valence electrons. The van der Waals surface area contributed by atoms with Crippen molar-refractivity contribution in [2.75, 3.05) is 6.54 Å². The average Bonchev–Trinajstić information content (AvgIpc) is 3.16. The molecule has 4 nitrogen and oxygen atoms in total. The Kier molecular flexibility index (Phi) is 2.25. The number of nitrogens with one attached hydrogen (secondary N) is 1. The fraction of sp³-hybridized carbons (Fsp3) is 0.846. The van der Waals surface area contributed by atoms with Crippen LogP contribution in [0, 0.1) is 11.8 Å². The van der Waals surface area contributed by atoms with Crippen molar-refractivity contribution in [3.05, 3.63) is 0 Å². The Morgan fingerprint density at radius 2 is 2.12 bits per heavy atom.